The minimum absolute atomic E-state index is 0.0518. The minimum atomic E-state index is -3.91. The molecule has 0 amide bonds. The topological polar surface area (TPSA) is 94.9 Å². The van der Waals surface area contributed by atoms with Gasteiger partial charge in [0.05, 0.1) is 10.4 Å². The molecule has 0 saturated carbocycles. The Morgan fingerprint density at radius 3 is 2.46 bits per heavy atom. The fourth-order valence-electron chi connectivity index (χ4n) is 2.38. The van der Waals surface area contributed by atoms with E-state index in [2.05, 4.69) is 28.5 Å². The van der Waals surface area contributed by atoms with Crippen molar-refractivity contribution in [2.24, 2.45) is 9.63 Å². The van der Waals surface area contributed by atoms with Crippen molar-refractivity contribution in [1.29, 1.82) is 0 Å². The summed E-state index contributed by atoms with van der Waals surface area (Å²) in [5, 5.41) is 14.5. The van der Waals surface area contributed by atoms with E-state index in [-0.39, 0.29) is 16.5 Å². The smallest absolute Gasteiger partial charge is 0.299 e. The Hall–Kier alpha value is -2.67. The summed E-state index contributed by atoms with van der Waals surface area (Å²) in [7, 11) is -3.91. The highest BCUT2D eigenvalue weighted by Crippen LogP contribution is 2.37. The third-order valence-corrected chi connectivity index (χ3v) is 4.90. The average Bonchev–Trinajstić information content (AvgIpc) is 2.88. The van der Waals surface area contributed by atoms with Gasteiger partial charge in [-0.3, -0.25) is 0 Å². The summed E-state index contributed by atoms with van der Waals surface area (Å²) in [5.41, 5.74) is 1.85. The Bertz CT molecular complexity index is 1010. The van der Waals surface area contributed by atoms with Gasteiger partial charge in [-0.25, -0.2) is 0 Å². The van der Waals surface area contributed by atoms with Crippen LogP contribution >= 0.6 is 0 Å². The van der Waals surface area contributed by atoms with Gasteiger partial charge in [0.1, 0.15) is 0 Å². The number of aromatic nitrogens is 1. The van der Waals surface area contributed by atoms with Crippen molar-refractivity contribution in [2.45, 2.75) is 24.7 Å². The number of sulfonamides is 1. The van der Waals surface area contributed by atoms with Crippen LogP contribution in [-0.4, -0.2) is 18.5 Å². The van der Waals surface area contributed by atoms with Gasteiger partial charge in [-0.1, -0.05) is 42.6 Å². The number of aromatic hydroxyl groups is 1. The first-order valence-corrected chi connectivity index (χ1v) is 8.90. The maximum absolute atomic E-state index is 12.2. The third kappa shape index (κ3) is 3.03. The van der Waals surface area contributed by atoms with Crippen molar-refractivity contribution in [3.05, 3.63) is 54.1 Å². The molecule has 0 spiro atoms. The van der Waals surface area contributed by atoms with Crippen LogP contribution in [0.5, 0.6) is 5.88 Å². The molecule has 0 unspecified atom stereocenters. The summed E-state index contributed by atoms with van der Waals surface area (Å²) in [6.07, 6.45) is 0. The van der Waals surface area contributed by atoms with E-state index in [1.807, 2.05) is 18.2 Å². The number of aromatic amines is 1. The molecule has 0 saturated heterocycles. The van der Waals surface area contributed by atoms with Crippen LogP contribution in [0, 0.1) is 0 Å². The summed E-state index contributed by atoms with van der Waals surface area (Å²) in [4.78, 5) is 2.83. The molecule has 1 aromatic heterocycles. The fourth-order valence-corrected chi connectivity index (χ4v) is 3.16. The SMILES string of the molecule is CC(C)c1ccc2[nH]c(O)c(N=NS(=O)(=O)c3ccccc3)c2c1. The highest BCUT2D eigenvalue weighted by Gasteiger charge is 2.15. The normalized spacial score (nSPS) is 12.5. The molecule has 124 valence electrons. The zero-order chi connectivity index (χ0) is 17.3. The maximum atomic E-state index is 12.2. The molecule has 0 atom stereocenters. The molecule has 0 aliphatic rings. The van der Waals surface area contributed by atoms with Gasteiger partial charge in [-0.05, 0) is 35.7 Å². The number of hydrogen-bond acceptors (Lipinski definition) is 4. The zero-order valence-electron chi connectivity index (χ0n) is 13.3. The molecular formula is C17H17N3O3S. The fraction of sp³-hybridized carbons (Fsp3) is 0.176. The van der Waals surface area contributed by atoms with Crippen LogP contribution in [0.3, 0.4) is 0 Å². The largest absolute Gasteiger partial charge is 0.493 e. The van der Waals surface area contributed by atoms with Gasteiger partial charge >= 0.3 is 0 Å². The van der Waals surface area contributed by atoms with E-state index in [9.17, 15) is 13.5 Å². The molecule has 2 aromatic carbocycles. The number of benzene rings is 2. The number of rotatable bonds is 4. The summed E-state index contributed by atoms with van der Waals surface area (Å²) in [6, 6.07) is 13.5. The Labute approximate surface area is 139 Å². The molecule has 0 bridgehead atoms. The van der Waals surface area contributed by atoms with Gasteiger partial charge in [0.15, 0.2) is 5.69 Å². The Balaban J connectivity index is 2.06. The van der Waals surface area contributed by atoms with Crippen LogP contribution < -0.4 is 0 Å². The first-order valence-electron chi connectivity index (χ1n) is 7.46. The molecule has 1 heterocycles. The van der Waals surface area contributed by atoms with E-state index in [4.69, 9.17) is 0 Å². The molecule has 6 nitrogen and oxygen atoms in total. The predicted molar refractivity (Wildman–Crippen MR) is 92.2 cm³/mol. The lowest BCUT2D eigenvalue weighted by Crippen LogP contribution is -1.94. The highest BCUT2D eigenvalue weighted by molar-refractivity contribution is 7.90. The molecule has 0 aliphatic heterocycles. The lowest BCUT2D eigenvalue weighted by Gasteiger charge is -2.04. The van der Waals surface area contributed by atoms with Gasteiger partial charge in [0.2, 0.25) is 5.88 Å². The standard InChI is InChI=1S/C17H17N3O3S/c1-11(2)12-8-9-15-14(10-12)16(17(21)18-15)19-20-24(22,23)13-6-4-3-5-7-13/h3-11,18,21H,1-2H3. The van der Waals surface area contributed by atoms with Crippen LogP contribution in [0.4, 0.5) is 5.69 Å². The number of fused-ring (bicyclic) bond motifs is 1. The summed E-state index contributed by atoms with van der Waals surface area (Å²) in [6.45, 7) is 4.10. The lowest BCUT2D eigenvalue weighted by molar-refractivity contribution is 0.459. The zero-order valence-corrected chi connectivity index (χ0v) is 14.1. The van der Waals surface area contributed by atoms with Crippen molar-refractivity contribution in [3.8, 4) is 5.88 Å². The molecule has 0 fully saturated rings. The minimum Gasteiger partial charge on any atom is -0.493 e. The number of nitrogens with one attached hydrogen (secondary N) is 1. The van der Waals surface area contributed by atoms with Gasteiger partial charge < -0.3 is 10.1 Å². The van der Waals surface area contributed by atoms with Crippen molar-refractivity contribution < 1.29 is 13.5 Å². The average molecular weight is 343 g/mol. The van der Waals surface area contributed by atoms with Gasteiger partial charge in [0, 0.05) is 5.39 Å². The van der Waals surface area contributed by atoms with Crippen LogP contribution in [0.25, 0.3) is 10.9 Å². The first kappa shape index (κ1) is 16.2. The van der Waals surface area contributed by atoms with E-state index < -0.39 is 10.0 Å². The van der Waals surface area contributed by atoms with Crippen LogP contribution in [-0.2, 0) is 10.0 Å². The molecule has 7 heteroatoms. The third-order valence-electron chi connectivity index (χ3n) is 3.73. The Morgan fingerprint density at radius 2 is 1.79 bits per heavy atom. The highest BCUT2D eigenvalue weighted by atomic mass is 32.2. The molecule has 3 rings (SSSR count). The van der Waals surface area contributed by atoms with E-state index in [1.165, 1.54) is 12.1 Å². The molecular weight excluding hydrogens is 326 g/mol. The monoisotopic (exact) mass is 343 g/mol. The molecule has 3 aromatic rings. The number of hydrogen-bond donors (Lipinski definition) is 2. The van der Waals surface area contributed by atoms with E-state index in [0.29, 0.717) is 16.8 Å². The first-order chi connectivity index (χ1) is 11.4. The molecule has 0 aliphatic carbocycles. The van der Waals surface area contributed by atoms with Gasteiger partial charge in [0.25, 0.3) is 10.0 Å². The summed E-state index contributed by atoms with van der Waals surface area (Å²) < 4.78 is 27.9. The number of H-pyrrole nitrogens is 1. The van der Waals surface area contributed by atoms with Gasteiger partial charge in [-0.15, -0.1) is 5.11 Å². The van der Waals surface area contributed by atoms with Crippen LogP contribution in [0.2, 0.25) is 0 Å². The maximum Gasteiger partial charge on any atom is 0.299 e. The quantitative estimate of drug-likeness (QED) is 0.684. The van der Waals surface area contributed by atoms with Crippen molar-refractivity contribution >= 4 is 26.6 Å². The second-order valence-corrected chi connectivity index (χ2v) is 7.34. The Kier molecular flexibility index (Phi) is 4.11. The van der Waals surface area contributed by atoms with E-state index >= 15 is 0 Å². The van der Waals surface area contributed by atoms with Crippen molar-refractivity contribution in [3.63, 3.8) is 0 Å². The lowest BCUT2D eigenvalue weighted by atomic mass is 10.0. The van der Waals surface area contributed by atoms with E-state index in [1.54, 1.807) is 18.2 Å². The van der Waals surface area contributed by atoms with Crippen molar-refractivity contribution in [2.75, 3.05) is 0 Å². The predicted octanol–water partition coefficient (Wildman–Crippen LogP) is 4.47. The summed E-state index contributed by atoms with van der Waals surface area (Å²) >= 11 is 0. The van der Waals surface area contributed by atoms with Crippen LogP contribution in [0.15, 0.2) is 63.1 Å². The van der Waals surface area contributed by atoms with Crippen LogP contribution in [0.1, 0.15) is 25.3 Å². The van der Waals surface area contributed by atoms with Crippen molar-refractivity contribution in [1.82, 2.24) is 4.98 Å². The number of nitrogens with zero attached hydrogens (tertiary/aromatic N) is 2. The molecule has 2 N–H and O–H groups in total. The second kappa shape index (κ2) is 6.09. The molecule has 24 heavy (non-hydrogen) atoms. The summed E-state index contributed by atoms with van der Waals surface area (Å²) in [5.74, 6) is 0.0854. The molecule has 0 radical (unpaired) electrons. The van der Waals surface area contributed by atoms with E-state index in [0.717, 1.165) is 5.56 Å². The second-order valence-electron chi connectivity index (χ2n) is 5.75. The Morgan fingerprint density at radius 1 is 1.08 bits per heavy atom. The van der Waals surface area contributed by atoms with Gasteiger partial charge in [-0.2, -0.15) is 8.42 Å².